The van der Waals surface area contributed by atoms with Crippen LogP contribution in [0.5, 0.6) is 0 Å². The number of allylic oxidation sites excluding steroid dienone is 4. The molecule has 0 spiro atoms. The standard InChI is InChI=1S/C45H34N2/c1-28-7-4-5-10-43(28)47-30(3)39-22-20-37(26-42(39)38-21-11-31(27-46)25-29(38)2)32-12-14-33(15-13-32)40-23-18-36-17-16-34-8-6-9-35-19-24-41(40)45(36)44(34)35/h4-10,12-20,22-26H,11,21H2,1-3H3. The molecule has 7 aromatic carbocycles. The van der Waals surface area contributed by atoms with Crippen LogP contribution in [0.25, 0.3) is 60.1 Å². The molecule has 8 rings (SSSR count). The number of rotatable bonds is 5. The molecule has 2 heteroatoms. The highest BCUT2D eigenvalue weighted by molar-refractivity contribution is 6.25. The van der Waals surface area contributed by atoms with E-state index < -0.39 is 0 Å². The Morgan fingerprint density at radius 2 is 1.32 bits per heavy atom. The first-order chi connectivity index (χ1) is 23.0. The second-order valence-corrected chi connectivity index (χ2v) is 12.7. The van der Waals surface area contributed by atoms with Gasteiger partial charge in [0, 0.05) is 16.8 Å². The number of para-hydroxylation sites is 1. The van der Waals surface area contributed by atoms with Crippen molar-refractivity contribution in [3.63, 3.8) is 0 Å². The summed E-state index contributed by atoms with van der Waals surface area (Å²) in [4.78, 5) is 5.07. The van der Waals surface area contributed by atoms with Gasteiger partial charge in [-0.25, -0.2) is 0 Å². The fourth-order valence-electron chi connectivity index (χ4n) is 7.36. The summed E-state index contributed by atoms with van der Waals surface area (Å²) in [6.45, 7) is 6.33. The first-order valence-corrected chi connectivity index (χ1v) is 16.3. The van der Waals surface area contributed by atoms with Gasteiger partial charge in [0.05, 0.1) is 11.8 Å². The minimum absolute atomic E-state index is 0.759. The van der Waals surface area contributed by atoms with Gasteiger partial charge in [0.15, 0.2) is 0 Å². The molecule has 0 fully saturated rings. The van der Waals surface area contributed by atoms with E-state index in [4.69, 9.17) is 4.99 Å². The highest BCUT2D eigenvalue weighted by Crippen LogP contribution is 2.40. The summed E-state index contributed by atoms with van der Waals surface area (Å²) in [6, 6.07) is 46.5. The van der Waals surface area contributed by atoms with Crippen LogP contribution in [0.1, 0.15) is 43.4 Å². The Balaban J connectivity index is 1.22. The van der Waals surface area contributed by atoms with Crippen LogP contribution in [0.15, 0.2) is 144 Å². The molecule has 0 atom stereocenters. The molecule has 1 aliphatic rings. The van der Waals surface area contributed by atoms with Gasteiger partial charge in [0.25, 0.3) is 0 Å². The zero-order valence-corrected chi connectivity index (χ0v) is 26.9. The highest BCUT2D eigenvalue weighted by atomic mass is 14.7. The molecule has 0 aromatic heterocycles. The molecule has 1 aliphatic carbocycles. The van der Waals surface area contributed by atoms with E-state index in [1.54, 1.807) is 0 Å². The molecular weight excluding hydrogens is 569 g/mol. The Morgan fingerprint density at radius 1 is 0.638 bits per heavy atom. The average Bonchev–Trinajstić information content (AvgIpc) is 3.11. The first kappa shape index (κ1) is 28.7. The Labute approximate surface area is 276 Å². The summed E-state index contributed by atoms with van der Waals surface area (Å²) in [5.41, 5.74) is 13.5. The largest absolute Gasteiger partial charge is 0.253 e. The number of aliphatic imine (C=N–C) groups is 1. The van der Waals surface area contributed by atoms with Crippen molar-refractivity contribution >= 4 is 49.3 Å². The molecule has 0 heterocycles. The smallest absolute Gasteiger partial charge is 0.0947 e. The van der Waals surface area contributed by atoms with Crippen LogP contribution in [0.3, 0.4) is 0 Å². The van der Waals surface area contributed by atoms with Crippen LogP contribution in [0, 0.1) is 18.3 Å². The minimum atomic E-state index is 0.759. The molecule has 224 valence electrons. The summed E-state index contributed by atoms with van der Waals surface area (Å²) < 4.78 is 0. The Kier molecular flexibility index (Phi) is 7.04. The van der Waals surface area contributed by atoms with Crippen LogP contribution in [-0.2, 0) is 0 Å². The van der Waals surface area contributed by atoms with Crippen LogP contribution in [0.4, 0.5) is 5.69 Å². The van der Waals surface area contributed by atoms with Gasteiger partial charge in [0.1, 0.15) is 0 Å². The van der Waals surface area contributed by atoms with E-state index in [-0.39, 0.29) is 0 Å². The lowest BCUT2D eigenvalue weighted by Crippen LogP contribution is -2.05. The topological polar surface area (TPSA) is 36.1 Å². The lowest BCUT2D eigenvalue weighted by molar-refractivity contribution is 0.994. The van der Waals surface area contributed by atoms with Crippen LogP contribution in [0.2, 0.25) is 0 Å². The van der Waals surface area contributed by atoms with Crippen molar-refractivity contribution in [2.75, 3.05) is 0 Å². The first-order valence-electron chi connectivity index (χ1n) is 16.3. The quantitative estimate of drug-likeness (QED) is 0.143. The summed E-state index contributed by atoms with van der Waals surface area (Å²) in [5, 5.41) is 17.4. The lowest BCUT2D eigenvalue weighted by atomic mass is 9.84. The molecule has 0 saturated heterocycles. The number of aryl methyl sites for hydroxylation is 1. The molecule has 0 bridgehead atoms. The maximum absolute atomic E-state index is 9.57. The fraction of sp³-hybridized carbons (Fsp3) is 0.111. The zero-order valence-electron chi connectivity index (χ0n) is 26.9. The van der Waals surface area contributed by atoms with Crippen molar-refractivity contribution in [1.82, 2.24) is 0 Å². The molecule has 0 aliphatic heterocycles. The molecule has 2 nitrogen and oxygen atoms in total. The third kappa shape index (κ3) is 5.02. The predicted octanol–water partition coefficient (Wildman–Crippen LogP) is 12.4. The van der Waals surface area contributed by atoms with Gasteiger partial charge in [0.2, 0.25) is 0 Å². The van der Waals surface area contributed by atoms with Gasteiger partial charge < -0.3 is 0 Å². The monoisotopic (exact) mass is 602 g/mol. The van der Waals surface area contributed by atoms with Gasteiger partial charge >= 0.3 is 0 Å². The van der Waals surface area contributed by atoms with Crippen LogP contribution >= 0.6 is 0 Å². The van der Waals surface area contributed by atoms with Crippen molar-refractivity contribution in [3.8, 4) is 28.3 Å². The molecule has 0 radical (unpaired) electrons. The number of benzene rings is 7. The molecular formula is C45H34N2. The van der Waals surface area contributed by atoms with E-state index in [1.165, 1.54) is 65.7 Å². The third-order valence-electron chi connectivity index (χ3n) is 9.85. The summed E-state index contributed by atoms with van der Waals surface area (Å²) in [5.74, 6) is 0. The average molecular weight is 603 g/mol. The number of nitriles is 1. The van der Waals surface area contributed by atoms with Crippen molar-refractivity contribution in [2.45, 2.75) is 33.6 Å². The molecule has 0 N–H and O–H groups in total. The van der Waals surface area contributed by atoms with E-state index in [0.29, 0.717) is 0 Å². The molecule has 47 heavy (non-hydrogen) atoms. The molecule has 7 aromatic rings. The fourth-order valence-corrected chi connectivity index (χ4v) is 7.36. The van der Waals surface area contributed by atoms with Crippen LogP contribution in [-0.4, -0.2) is 5.71 Å². The van der Waals surface area contributed by atoms with E-state index in [2.05, 4.69) is 148 Å². The number of hydrogen-bond acceptors (Lipinski definition) is 2. The normalized spacial score (nSPS) is 13.8. The number of nitrogens with zero attached hydrogens (tertiary/aromatic N) is 2. The minimum Gasteiger partial charge on any atom is -0.253 e. The second kappa shape index (κ2) is 11.5. The second-order valence-electron chi connectivity index (χ2n) is 12.7. The maximum atomic E-state index is 9.57. The van der Waals surface area contributed by atoms with Crippen molar-refractivity contribution in [3.05, 3.63) is 155 Å². The van der Waals surface area contributed by atoms with E-state index in [0.717, 1.165) is 46.5 Å². The number of hydrogen-bond donors (Lipinski definition) is 0. The van der Waals surface area contributed by atoms with Gasteiger partial charge in [-0.05, 0) is 129 Å². The van der Waals surface area contributed by atoms with Gasteiger partial charge in [-0.2, -0.15) is 5.26 Å². The van der Waals surface area contributed by atoms with Gasteiger partial charge in [-0.3, -0.25) is 4.99 Å². The van der Waals surface area contributed by atoms with Crippen molar-refractivity contribution < 1.29 is 0 Å². The van der Waals surface area contributed by atoms with Gasteiger partial charge in [-0.15, -0.1) is 0 Å². The third-order valence-corrected chi connectivity index (χ3v) is 9.85. The SMILES string of the molecule is CC(=Nc1ccccc1C)c1ccc(-c2ccc(-c3ccc4ccc5cccc6ccc3c4c56)cc2)cc1C1=C(C)C=C(C#N)CC1. The Bertz CT molecular complexity index is 2470. The summed E-state index contributed by atoms with van der Waals surface area (Å²) in [7, 11) is 0. The van der Waals surface area contributed by atoms with Crippen molar-refractivity contribution in [2.24, 2.45) is 4.99 Å². The highest BCUT2D eigenvalue weighted by Gasteiger charge is 2.18. The molecule has 0 amide bonds. The van der Waals surface area contributed by atoms with E-state index >= 15 is 0 Å². The Hall–Kier alpha value is -5.78. The maximum Gasteiger partial charge on any atom is 0.0947 e. The molecule has 0 unspecified atom stereocenters. The predicted molar refractivity (Wildman–Crippen MR) is 200 cm³/mol. The summed E-state index contributed by atoms with van der Waals surface area (Å²) in [6.07, 6.45) is 3.65. The Morgan fingerprint density at radius 3 is 2.06 bits per heavy atom. The van der Waals surface area contributed by atoms with Crippen molar-refractivity contribution in [1.29, 1.82) is 5.26 Å². The van der Waals surface area contributed by atoms with Gasteiger partial charge in [-0.1, -0.05) is 109 Å². The van der Waals surface area contributed by atoms with Crippen LogP contribution < -0.4 is 0 Å². The lowest BCUT2D eigenvalue weighted by Gasteiger charge is -2.20. The van der Waals surface area contributed by atoms with E-state index in [1.807, 2.05) is 6.07 Å². The molecule has 0 saturated carbocycles. The zero-order chi connectivity index (χ0) is 32.1. The van der Waals surface area contributed by atoms with E-state index in [9.17, 15) is 5.26 Å². The summed E-state index contributed by atoms with van der Waals surface area (Å²) >= 11 is 0.